The smallest absolute Gasteiger partial charge is 0.255 e. The van der Waals surface area contributed by atoms with Gasteiger partial charge in [0.2, 0.25) is 11.8 Å². The van der Waals surface area contributed by atoms with Crippen molar-refractivity contribution >= 4 is 28.7 Å². The van der Waals surface area contributed by atoms with Crippen LogP contribution >= 0.6 is 0 Å². The zero-order valence-electron chi connectivity index (χ0n) is 11.4. The van der Waals surface area contributed by atoms with E-state index >= 15 is 0 Å². The third-order valence-electron chi connectivity index (χ3n) is 3.46. The van der Waals surface area contributed by atoms with Gasteiger partial charge in [0, 0.05) is 11.8 Å². The summed E-state index contributed by atoms with van der Waals surface area (Å²) in [5.41, 5.74) is 0.880. The first kappa shape index (κ1) is 13.4. The summed E-state index contributed by atoms with van der Waals surface area (Å²) in [5, 5.41) is 5.69. The number of hydrogen-bond acceptors (Lipinski definition) is 4. The molecule has 21 heavy (non-hydrogen) atoms. The van der Waals surface area contributed by atoms with Crippen molar-refractivity contribution < 1.29 is 18.8 Å². The van der Waals surface area contributed by atoms with Crippen molar-refractivity contribution in [2.75, 3.05) is 0 Å². The lowest BCUT2D eigenvalue weighted by Crippen LogP contribution is -2.52. The number of carbonyl (C=O) groups excluding carboxylic acids is 3. The zero-order chi connectivity index (χ0) is 15.0. The fourth-order valence-electron chi connectivity index (χ4n) is 2.44. The number of carbonyl (C=O) groups is 3. The standard InChI is InChI=1S/C15H14N2O4/c1-8-7-9-3-2-4-10(13(9)21-8)14(19)16-11-5-6-12(18)17-15(11)20/h2-4,7,11H,5-6H2,1H3,(H,16,19)(H,17,18,20). The molecule has 1 aliphatic rings. The summed E-state index contributed by atoms with van der Waals surface area (Å²) in [6, 6.07) is 6.41. The Morgan fingerprint density at radius 1 is 1.38 bits per heavy atom. The highest BCUT2D eigenvalue weighted by atomic mass is 16.3. The van der Waals surface area contributed by atoms with Gasteiger partial charge in [-0.25, -0.2) is 0 Å². The zero-order valence-corrected chi connectivity index (χ0v) is 11.4. The molecule has 0 aliphatic carbocycles. The summed E-state index contributed by atoms with van der Waals surface area (Å²) in [7, 11) is 0. The van der Waals surface area contributed by atoms with Gasteiger partial charge in [-0.15, -0.1) is 0 Å². The fraction of sp³-hybridized carbons (Fsp3) is 0.267. The van der Waals surface area contributed by atoms with Crippen LogP contribution in [-0.4, -0.2) is 23.8 Å². The number of rotatable bonds is 2. The number of imide groups is 1. The predicted octanol–water partition coefficient (Wildman–Crippen LogP) is 1.28. The number of amides is 3. The summed E-state index contributed by atoms with van der Waals surface area (Å²) in [6.45, 7) is 1.81. The number of aryl methyl sites for hydroxylation is 1. The van der Waals surface area contributed by atoms with E-state index in [0.29, 0.717) is 23.3 Å². The lowest BCUT2D eigenvalue weighted by molar-refractivity contribution is -0.134. The molecule has 1 fully saturated rings. The average Bonchev–Trinajstić information content (AvgIpc) is 2.81. The van der Waals surface area contributed by atoms with Gasteiger partial charge in [0.1, 0.15) is 17.4 Å². The van der Waals surface area contributed by atoms with Gasteiger partial charge in [0.15, 0.2) is 0 Å². The number of para-hydroxylation sites is 1. The van der Waals surface area contributed by atoms with E-state index in [9.17, 15) is 14.4 Å². The molecule has 108 valence electrons. The van der Waals surface area contributed by atoms with Crippen molar-refractivity contribution in [1.82, 2.24) is 10.6 Å². The number of hydrogen-bond donors (Lipinski definition) is 2. The highest BCUT2D eigenvalue weighted by molar-refractivity contribution is 6.08. The van der Waals surface area contributed by atoms with Crippen LogP contribution in [0, 0.1) is 6.92 Å². The Bertz CT molecular complexity index is 747. The van der Waals surface area contributed by atoms with Crippen LogP contribution in [0.25, 0.3) is 11.0 Å². The van der Waals surface area contributed by atoms with Crippen LogP contribution in [-0.2, 0) is 9.59 Å². The van der Waals surface area contributed by atoms with Gasteiger partial charge in [0.25, 0.3) is 5.91 Å². The van der Waals surface area contributed by atoms with E-state index in [1.165, 1.54) is 0 Å². The van der Waals surface area contributed by atoms with Gasteiger partial charge in [-0.3, -0.25) is 19.7 Å². The van der Waals surface area contributed by atoms with Gasteiger partial charge in [0.05, 0.1) is 5.56 Å². The van der Waals surface area contributed by atoms with Gasteiger partial charge >= 0.3 is 0 Å². The minimum absolute atomic E-state index is 0.223. The Labute approximate surface area is 120 Å². The van der Waals surface area contributed by atoms with Crippen LogP contribution in [0.3, 0.4) is 0 Å². The lowest BCUT2D eigenvalue weighted by Gasteiger charge is -2.21. The van der Waals surface area contributed by atoms with Crippen LogP contribution in [0.4, 0.5) is 0 Å². The van der Waals surface area contributed by atoms with Crippen molar-refractivity contribution in [3.8, 4) is 0 Å². The summed E-state index contributed by atoms with van der Waals surface area (Å²) in [5.74, 6) is -0.452. The van der Waals surface area contributed by atoms with Crippen LogP contribution in [0.1, 0.15) is 29.0 Å². The largest absolute Gasteiger partial charge is 0.461 e. The van der Waals surface area contributed by atoms with Gasteiger partial charge in [-0.2, -0.15) is 0 Å². The first-order chi connectivity index (χ1) is 10.0. The number of piperidine rings is 1. The molecule has 1 saturated heterocycles. The second-order valence-electron chi connectivity index (χ2n) is 5.06. The molecular weight excluding hydrogens is 272 g/mol. The predicted molar refractivity (Wildman–Crippen MR) is 74.6 cm³/mol. The summed E-state index contributed by atoms with van der Waals surface area (Å²) < 4.78 is 5.54. The van der Waals surface area contributed by atoms with Gasteiger partial charge < -0.3 is 9.73 Å². The number of furan rings is 1. The highest BCUT2D eigenvalue weighted by Gasteiger charge is 2.28. The Morgan fingerprint density at radius 3 is 2.95 bits per heavy atom. The first-order valence-corrected chi connectivity index (χ1v) is 6.68. The van der Waals surface area contributed by atoms with E-state index in [0.717, 1.165) is 5.39 Å². The minimum atomic E-state index is -0.693. The SMILES string of the molecule is Cc1cc2cccc(C(=O)NC3CCC(=O)NC3=O)c2o1. The molecule has 1 aromatic carbocycles. The lowest BCUT2D eigenvalue weighted by atomic mass is 10.1. The number of fused-ring (bicyclic) bond motifs is 1. The van der Waals surface area contributed by atoms with Crippen molar-refractivity contribution in [2.45, 2.75) is 25.8 Å². The van der Waals surface area contributed by atoms with E-state index in [1.54, 1.807) is 12.1 Å². The average molecular weight is 286 g/mol. The minimum Gasteiger partial charge on any atom is -0.461 e. The molecule has 0 bridgehead atoms. The molecule has 2 aromatic rings. The summed E-state index contributed by atoms with van der Waals surface area (Å²) in [4.78, 5) is 35.1. The molecule has 2 heterocycles. The Hall–Kier alpha value is -2.63. The maximum atomic E-state index is 12.3. The molecule has 3 rings (SSSR count). The Balaban J connectivity index is 1.84. The number of nitrogens with one attached hydrogen (secondary N) is 2. The highest BCUT2D eigenvalue weighted by Crippen LogP contribution is 2.23. The molecule has 1 unspecified atom stereocenters. The Kier molecular flexibility index (Phi) is 3.21. The van der Waals surface area contributed by atoms with Crippen LogP contribution in [0.15, 0.2) is 28.7 Å². The molecular formula is C15H14N2O4. The van der Waals surface area contributed by atoms with Crippen molar-refractivity contribution in [3.05, 3.63) is 35.6 Å². The molecule has 2 N–H and O–H groups in total. The van der Waals surface area contributed by atoms with E-state index < -0.39 is 11.9 Å². The molecule has 0 spiro atoms. The van der Waals surface area contributed by atoms with Crippen molar-refractivity contribution in [2.24, 2.45) is 0 Å². The van der Waals surface area contributed by atoms with E-state index in [2.05, 4.69) is 10.6 Å². The molecule has 0 radical (unpaired) electrons. The normalized spacial score (nSPS) is 18.6. The van der Waals surface area contributed by atoms with Gasteiger partial charge in [-0.1, -0.05) is 12.1 Å². The maximum absolute atomic E-state index is 12.3. The monoisotopic (exact) mass is 286 g/mol. The third-order valence-corrected chi connectivity index (χ3v) is 3.46. The Morgan fingerprint density at radius 2 is 2.19 bits per heavy atom. The summed E-state index contributed by atoms with van der Waals surface area (Å²) >= 11 is 0. The quantitative estimate of drug-likeness (QED) is 0.814. The molecule has 3 amide bonds. The second kappa shape index (κ2) is 5.05. The van der Waals surface area contributed by atoms with Crippen LogP contribution < -0.4 is 10.6 Å². The van der Waals surface area contributed by atoms with Crippen molar-refractivity contribution in [3.63, 3.8) is 0 Å². The third kappa shape index (κ3) is 2.52. The second-order valence-corrected chi connectivity index (χ2v) is 5.06. The first-order valence-electron chi connectivity index (χ1n) is 6.68. The molecule has 6 nitrogen and oxygen atoms in total. The fourth-order valence-corrected chi connectivity index (χ4v) is 2.44. The maximum Gasteiger partial charge on any atom is 0.255 e. The molecule has 1 aromatic heterocycles. The molecule has 1 aliphatic heterocycles. The van der Waals surface area contributed by atoms with Crippen molar-refractivity contribution in [1.29, 1.82) is 0 Å². The van der Waals surface area contributed by atoms with Gasteiger partial charge in [-0.05, 0) is 25.5 Å². The molecule has 6 heteroatoms. The van der Waals surface area contributed by atoms with Crippen LogP contribution in [0.2, 0.25) is 0 Å². The van der Waals surface area contributed by atoms with E-state index in [1.807, 2.05) is 19.1 Å². The molecule has 1 atom stereocenters. The number of benzene rings is 1. The van der Waals surface area contributed by atoms with Crippen LogP contribution in [0.5, 0.6) is 0 Å². The topological polar surface area (TPSA) is 88.4 Å². The molecule has 0 saturated carbocycles. The van der Waals surface area contributed by atoms with E-state index in [-0.39, 0.29) is 18.2 Å². The van der Waals surface area contributed by atoms with E-state index in [4.69, 9.17) is 4.42 Å². The summed E-state index contributed by atoms with van der Waals surface area (Å²) in [6.07, 6.45) is 0.532.